The zero-order valence-corrected chi connectivity index (χ0v) is 7.78. The van der Waals surface area contributed by atoms with E-state index in [2.05, 4.69) is 0 Å². The minimum Gasteiger partial charge on any atom is -0.616 e. The molecule has 11 heavy (non-hydrogen) atoms. The van der Waals surface area contributed by atoms with Crippen molar-refractivity contribution in [3.63, 3.8) is 0 Å². The zero-order chi connectivity index (χ0) is 8.27. The Labute approximate surface area is 74.6 Å². The van der Waals surface area contributed by atoms with E-state index < -0.39 is 11.2 Å². The van der Waals surface area contributed by atoms with Crippen molar-refractivity contribution < 1.29 is 4.55 Å². The molecule has 1 rings (SSSR count). The van der Waals surface area contributed by atoms with Crippen LogP contribution in [0.15, 0.2) is 24.3 Å². The Balaban J connectivity index is 2.66. The monoisotopic (exact) mass is 188 g/mol. The lowest BCUT2D eigenvalue weighted by atomic mass is 10.2. The van der Waals surface area contributed by atoms with E-state index in [0.717, 1.165) is 10.6 Å². The number of hydrogen-bond acceptors (Lipinski definition) is 1. The van der Waals surface area contributed by atoms with Gasteiger partial charge in [0, 0.05) is 10.6 Å². The fourth-order valence-electron chi connectivity index (χ4n) is 0.815. The van der Waals surface area contributed by atoms with Gasteiger partial charge >= 0.3 is 0 Å². The maximum atomic E-state index is 10.8. The van der Waals surface area contributed by atoms with Crippen LogP contribution in [0.1, 0.15) is 5.56 Å². The van der Waals surface area contributed by atoms with E-state index in [1.807, 2.05) is 24.3 Å². The Morgan fingerprint density at radius 3 is 2.36 bits per heavy atom. The second-order valence-corrected chi connectivity index (χ2v) is 4.22. The molecule has 0 radical (unpaired) electrons. The molecule has 60 valence electrons. The highest BCUT2D eigenvalue weighted by Crippen LogP contribution is 2.11. The van der Waals surface area contributed by atoms with Crippen LogP contribution in [0.5, 0.6) is 0 Å². The molecule has 1 nitrogen and oxygen atoms in total. The number of rotatable bonds is 2. The lowest BCUT2D eigenvalue weighted by Crippen LogP contribution is -1.99. The third kappa shape index (κ3) is 3.14. The van der Waals surface area contributed by atoms with Crippen LogP contribution >= 0.6 is 11.6 Å². The van der Waals surface area contributed by atoms with Gasteiger partial charge in [-0.25, -0.2) is 0 Å². The van der Waals surface area contributed by atoms with Crippen molar-refractivity contribution in [2.75, 3.05) is 6.26 Å². The third-order valence-electron chi connectivity index (χ3n) is 1.28. The molecule has 0 aliphatic carbocycles. The number of hydrogen-bond donors (Lipinski definition) is 0. The summed E-state index contributed by atoms with van der Waals surface area (Å²) in [4.78, 5) is 0. The molecule has 1 aromatic rings. The second kappa shape index (κ2) is 4.00. The molecule has 0 aromatic heterocycles. The van der Waals surface area contributed by atoms with E-state index in [1.165, 1.54) is 0 Å². The second-order valence-electron chi connectivity index (χ2n) is 2.34. The van der Waals surface area contributed by atoms with Gasteiger partial charge in [-0.3, -0.25) is 0 Å². The molecule has 0 spiro atoms. The van der Waals surface area contributed by atoms with Gasteiger partial charge in [0.05, 0.1) is 6.26 Å². The summed E-state index contributed by atoms with van der Waals surface area (Å²) < 4.78 is 10.8. The van der Waals surface area contributed by atoms with Gasteiger partial charge in [0.1, 0.15) is 5.75 Å². The smallest absolute Gasteiger partial charge is 0.130 e. The minimum absolute atomic E-state index is 0.608. The Hall–Kier alpha value is -0.180. The normalized spacial score (nSPS) is 13.0. The third-order valence-corrected chi connectivity index (χ3v) is 2.28. The molecule has 0 fully saturated rings. The molecule has 1 aromatic carbocycles. The number of halogens is 1. The highest BCUT2D eigenvalue weighted by molar-refractivity contribution is 7.89. The Morgan fingerprint density at radius 2 is 1.91 bits per heavy atom. The predicted octanol–water partition coefficient (Wildman–Crippen LogP) is 2.22. The SMILES string of the molecule is C[S+]([O-])Cc1ccc(Cl)cc1. The van der Waals surface area contributed by atoms with E-state index >= 15 is 0 Å². The molecule has 1 unspecified atom stereocenters. The van der Waals surface area contributed by atoms with E-state index in [9.17, 15) is 4.55 Å². The van der Waals surface area contributed by atoms with Crippen LogP contribution in [0.4, 0.5) is 0 Å². The van der Waals surface area contributed by atoms with Crippen molar-refractivity contribution in [1.29, 1.82) is 0 Å². The van der Waals surface area contributed by atoms with Crippen LogP contribution in [0.3, 0.4) is 0 Å². The lowest BCUT2D eigenvalue weighted by Gasteiger charge is -2.03. The quantitative estimate of drug-likeness (QED) is 0.653. The van der Waals surface area contributed by atoms with E-state index in [1.54, 1.807) is 6.26 Å². The van der Waals surface area contributed by atoms with Crippen LogP contribution < -0.4 is 0 Å². The Kier molecular flexibility index (Phi) is 3.24. The van der Waals surface area contributed by atoms with Gasteiger partial charge in [0.25, 0.3) is 0 Å². The summed E-state index contributed by atoms with van der Waals surface area (Å²) in [5.41, 5.74) is 1.07. The summed E-state index contributed by atoms with van der Waals surface area (Å²) in [6.07, 6.45) is 1.69. The van der Waals surface area contributed by atoms with Crippen molar-refractivity contribution in [2.24, 2.45) is 0 Å². The first kappa shape index (κ1) is 8.91. The summed E-state index contributed by atoms with van der Waals surface area (Å²) in [7, 11) is 0. The van der Waals surface area contributed by atoms with Gasteiger partial charge in [-0.2, -0.15) is 0 Å². The largest absolute Gasteiger partial charge is 0.616 e. The highest BCUT2D eigenvalue weighted by atomic mass is 35.5. The first-order chi connectivity index (χ1) is 5.18. The molecule has 0 amide bonds. The predicted molar refractivity (Wildman–Crippen MR) is 49.2 cm³/mol. The summed E-state index contributed by atoms with van der Waals surface area (Å²) >= 11 is 4.91. The Bertz CT molecular complexity index is 220. The van der Waals surface area contributed by atoms with Gasteiger partial charge in [0.15, 0.2) is 0 Å². The molecule has 0 saturated heterocycles. The van der Waals surface area contributed by atoms with Crippen LogP contribution in [0.2, 0.25) is 5.02 Å². The average Bonchev–Trinajstić information content (AvgIpc) is 1.93. The van der Waals surface area contributed by atoms with Gasteiger partial charge < -0.3 is 4.55 Å². The molecule has 0 heterocycles. The topological polar surface area (TPSA) is 23.1 Å². The van der Waals surface area contributed by atoms with Crippen molar-refractivity contribution in [2.45, 2.75) is 5.75 Å². The van der Waals surface area contributed by atoms with Gasteiger partial charge in [0.2, 0.25) is 0 Å². The van der Waals surface area contributed by atoms with E-state index in [-0.39, 0.29) is 0 Å². The minimum atomic E-state index is -0.766. The molecule has 3 heteroatoms. The van der Waals surface area contributed by atoms with Crippen LogP contribution in [-0.2, 0) is 16.9 Å². The van der Waals surface area contributed by atoms with Crippen molar-refractivity contribution >= 4 is 22.8 Å². The van der Waals surface area contributed by atoms with Crippen molar-refractivity contribution in [3.05, 3.63) is 34.9 Å². The molecule has 0 saturated carbocycles. The van der Waals surface area contributed by atoms with Crippen LogP contribution in [0.25, 0.3) is 0 Å². The van der Waals surface area contributed by atoms with Gasteiger partial charge in [-0.05, 0) is 12.1 Å². The molecule has 0 aliphatic heterocycles. The summed E-state index contributed by atoms with van der Waals surface area (Å²) in [6, 6.07) is 7.40. The summed E-state index contributed by atoms with van der Waals surface area (Å²) in [6.45, 7) is 0. The standard InChI is InChI=1S/C8H9ClOS/c1-11(10)6-7-2-4-8(9)5-3-7/h2-5H,6H2,1H3. The van der Waals surface area contributed by atoms with E-state index in [0.29, 0.717) is 5.75 Å². The van der Waals surface area contributed by atoms with Crippen LogP contribution in [0, 0.1) is 0 Å². The lowest BCUT2D eigenvalue weighted by molar-refractivity contribution is 0.600. The zero-order valence-electron chi connectivity index (χ0n) is 6.21. The van der Waals surface area contributed by atoms with E-state index in [4.69, 9.17) is 11.6 Å². The summed E-state index contributed by atoms with van der Waals surface area (Å²) in [5, 5.41) is 0.718. The van der Waals surface area contributed by atoms with Gasteiger partial charge in [-0.15, -0.1) is 0 Å². The van der Waals surface area contributed by atoms with Crippen LogP contribution in [-0.4, -0.2) is 10.8 Å². The maximum absolute atomic E-state index is 10.8. The van der Waals surface area contributed by atoms with Gasteiger partial charge in [-0.1, -0.05) is 34.9 Å². The molecular formula is C8H9ClOS. The Morgan fingerprint density at radius 1 is 1.36 bits per heavy atom. The molecular weight excluding hydrogens is 180 g/mol. The molecule has 1 atom stereocenters. The maximum Gasteiger partial charge on any atom is 0.130 e. The summed E-state index contributed by atoms with van der Waals surface area (Å²) in [5.74, 6) is 0.608. The fourth-order valence-corrected chi connectivity index (χ4v) is 1.60. The molecule has 0 aliphatic rings. The molecule has 0 bridgehead atoms. The fraction of sp³-hybridized carbons (Fsp3) is 0.250. The van der Waals surface area contributed by atoms with Crippen molar-refractivity contribution in [1.82, 2.24) is 0 Å². The molecule has 0 N–H and O–H groups in total. The van der Waals surface area contributed by atoms with Crippen molar-refractivity contribution in [3.8, 4) is 0 Å². The average molecular weight is 189 g/mol. The highest BCUT2D eigenvalue weighted by Gasteiger charge is 1.99. The number of benzene rings is 1. The first-order valence-electron chi connectivity index (χ1n) is 3.23. The first-order valence-corrected chi connectivity index (χ1v) is 5.33.